The first-order valence-corrected chi connectivity index (χ1v) is 6.27. The smallest absolute Gasteiger partial charge is 0.395 e. The third-order valence-electron chi connectivity index (χ3n) is 2.30. The molecule has 0 saturated heterocycles. The van der Waals surface area contributed by atoms with Crippen molar-refractivity contribution in [1.29, 1.82) is 0 Å². The van der Waals surface area contributed by atoms with Gasteiger partial charge >= 0.3 is 6.18 Å². The van der Waals surface area contributed by atoms with E-state index in [2.05, 4.69) is 4.98 Å². The fourth-order valence-electron chi connectivity index (χ4n) is 1.59. The molecule has 0 aliphatic carbocycles. The molecule has 0 bridgehead atoms. The predicted octanol–water partition coefficient (Wildman–Crippen LogP) is 1.65. The number of nitrogens with two attached hydrogens (primary N) is 1. The Kier molecular flexibility index (Phi) is 7.83. The van der Waals surface area contributed by atoms with Gasteiger partial charge in [-0.2, -0.15) is 13.2 Å². The van der Waals surface area contributed by atoms with Crippen molar-refractivity contribution in [2.45, 2.75) is 19.6 Å². The van der Waals surface area contributed by atoms with Gasteiger partial charge in [-0.25, -0.2) is 4.98 Å². The van der Waals surface area contributed by atoms with Crippen LogP contribution >= 0.6 is 23.7 Å². The summed E-state index contributed by atoms with van der Waals surface area (Å²) in [7, 11) is 0. The lowest BCUT2D eigenvalue weighted by Crippen LogP contribution is -2.32. The zero-order valence-corrected chi connectivity index (χ0v) is 12.0. The lowest BCUT2D eigenvalue weighted by molar-refractivity contribution is -0.141. The maximum Gasteiger partial charge on any atom is 0.434 e. The molecule has 0 radical (unpaired) electrons. The molecule has 0 aromatic carbocycles. The van der Waals surface area contributed by atoms with Crippen LogP contribution in [-0.4, -0.2) is 41.2 Å². The maximum absolute atomic E-state index is 12.7. The molecule has 0 atom stereocenters. The fourth-order valence-corrected chi connectivity index (χ4v) is 2.59. The number of aliphatic hydroxyl groups is 1. The van der Waals surface area contributed by atoms with Crippen LogP contribution in [0, 0.1) is 6.92 Å². The topological polar surface area (TPSA) is 62.4 Å². The van der Waals surface area contributed by atoms with Crippen LogP contribution in [0.15, 0.2) is 0 Å². The lowest BCUT2D eigenvalue weighted by Gasteiger charge is -2.20. The quantitative estimate of drug-likeness (QED) is 0.837. The van der Waals surface area contributed by atoms with Gasteiger partial charge in [0.15, 0.2) is 5.69 Å². The number of rotatable bonds is 6. The summed E-state index contributed by atoms with van der Waals surface area (Å²) in [5.74, 6) is 0. The normalized spacial score (nSPS) is 11.7. The summed E-state index contributed by atoms with van der Waals surface area (Å²) >= 11 is 1.03. The van der Waals surface area contributed by atoms with Crippen molar-refractivity contribution < 1.29 is 18.3 Å². The Labute approximate surface area is 119 Å². The molecule has 0 fully saturated rings. The highest BCUT2D eigenvalue weighted by Gasteiger charge is 2.37. The van der Waals surface area contributed by atoms with Crippen molar-refractivity contribution in [2.75, 3.05) is 26.2 Å². The van der Waals surface area contributed by atoms with Gasteiger partial charge in [0.2, 0.25) is 0 Å². The molecule has 19 heavy (non-hydrogen) atoms. The number of hydrogen-bond acceptors (Lipinski definition) is 5. The third kappa shape index (κ3) is 5.62. The summed E-state index contributed by atoms with van der Waals surface area (Å²) in [4.78, 5) is 5.38. The molecule has 0 unspecified atom stereocenters. The van der Waals surface area contributed by atoms with Gasteiger partial charge in [-0.15, -0.1) is 23.7 Å². The van der Waals surface area contributed by atoms with E-state index >= 15 is 0 Å². The van der Waals surface area contributed by atoms with Crippen molar-refractivity contribution in [3.05, 3.63) is 15.6 Å². The molecule has 1 heterocycles. The number of aromatic nitrogens is 1. The highest BCUT2D eigenvalue weighted by atomic mass is 35.5. The van der Waals surface area contributed by atoms with E-state index in [0.717, 1.165) is 11.3 Å². The van der Waals surface area contributed by atoms with Gasteiger partial charge in [-0.05, 0) is 6.92 Å². The zero-order valence-electron chi connectivity index (χ0n) is 10.4. The molecular weight excluding hydrogens is 303 g/mol. The van der Waals surface area contributed by atoms with Gasteiger partial charge in [0, 0.05) is 26.2 Å². The second kappa shape index (κ2) is 8.01. The molecule has 1 aromatic rings. The Morgan fingerprint density at radius 3 is 2.47 bits per heavy atom. The standard InChI is InChI=1S/C10H16F3N3OS.ClH/c1-7-15-9(10(11,12)13)8(18-7)6-16(3-2-14)4-5-17;/h17H,2-6,14H2,1H3;1H. The summed E-state index contributed by atoms with van der Waals surface area (Å²) in [5.41, 5.74) is 4.56. The van der Waals surface area contributed by atoms with Crippen LogP contribution in [0.5, 0.6) is 0 Å². The minimum Gasteiger partial charge on any atom is -0.395 e. The van der Waals surface area contributed by atoms with Crippen LogP contribution in [0.25, 0.3) is 0 Å². The summed E-state index contributed by atoms with van der Waals surface area (Å²) < 4.78 is 38.2. The minimum atomic E-state index is -4.44. The van der Waals surface area contributed by atoms with E-state index in [1.807, 2.05) is 0 Å². The van der Waals surface area contributed by atoms with Crippen molar-refractivity contribution >= 4 is 23.7 Å². The van der Waals surface area contributed by atoms with Crippen LogP contribution in [0.4, 0.5) is 13.2 Å². The number of halogens is 4. The Morgan fingerprint density at radius 1 is 1.37 bits per heavy atom. The number of aryl methyl sites for hydroxylation is 1. The molecule has 9 heteroatoms. The first-order valence-electron chi connectivity index (χ1n) is 5.45. The van der Waals surface area contributed by atoms with E-state index in [9.17, 15) is 13.2 Å². The Hall–Kier alpha value is -0.410. The monoisotopic (exact) mass is 319 g/mol. The van der Waals surface area contributed by atoms with E-state index < -0.39 is 11.9 Å². The van der Waals surface area contributed by atoms with Crippen LogP contribution in [0.2, 0.25) is 0 Å². The second-order valence-electron chi connectivity index (χ2n) is 3.79. The average molecular weight is 320 g/mol. The lowest BCUT2D eigenvalue weighted by atomic mass is 10.3. The van der Waals surface area contributed by atoms with Crippen molar-refractivity contribution in [3.63, 3.8) is 0 Å². The van der Waals surface area contributed by atoms with Crippen molar-refractivity contribution in [2.24, 2.45) is 5.73 Å². The maximum atomic E-state index is 12.7. The Morgan fingerprint density at radius 2 is 2.00 bits per heavy atom. The zero-order chi connectivity index (χ0) is 13.8. The Bertz CT molecular complexity index is 381. The van der Waals surface area contributed by atoms with E-state index in [1.54, 1.807) is 11.8 Å². The van der Waals surface area contributed by atoms with E-state index in [-0.39, 0.29) is 30.4 Å². The van der Waals surface area contributed by atoms with E-state index in [0.29, 0.717) is 24.6 Å². The first kappa shape index (κ1) is 18.6. The van der Waals surface area contributed by atoms with Gasteiger partial charge in [0.05, 0.1) is 16.5 Å². The van der Waals surface area contributed by atoms with Crippen LogP contribution in [-0.2, 0) is 12.7 Å². The number of nitrogens with zero attached hydrogens (tertiary/aromatic N) is 2. The molecule has 112 valence electrons. The summed E-state index contributed by atoms with van der Waals surface area (Å²) in [5, 5.41) is 9.24. The molecule has 0 spiro atoms. The van der Waals surface area contributed by atoms with Crippen LogP contribution < -0.4 is 5.73 Å². The minimum absolute atomic E-state index is 0. The number of aliphatic hydroxyl groups excluding tert-OH is 1. The summed E-state index contributed by atoms with van der Waals surface area (Å²) in [6.45, 7) is 2.61. The molecule has 0 aliphatic rings. The van der Waals surface area contributed by atoms with Gasteiger partial charge in [-0.3, -0.25) is 4.90 Å². The highest BCUT2D eigenvalue weighted by Crippen LogP contribution is 2.34. The highest BCUT2D eigenvalue weighted by molar-refractivity contribution is 7.11. The predicted molar refractivity (Wildman–Crippen MR) is 70.5 cm³/mol. The molecule has 0 saturated carbocycles. The SMILES string of the molecule is Cc1nc(C(F)(F)F)c(CN(CCN)CCO)s1.Cl. The first-order chi connectivity index (χ1) is 8.38. The van der Waals surface area contributed by atoms with Crippen LogP contribution in [0.1, 0.15) is 15.6 Å². The molecule has 0 aliphatic heterocycles. The molecule has 1 rings (SSSR count). The largest absolute Gasteiger partial charge is 0.434 e. The van der Waals surface area contributed by atoms with E-state index in [1.165, 1.54) is 0 Å². The molecule has 1 aromatic heterocycles. The molecule has 4 nitrogen and oxygen atoms in total. The van der Waals surface area contributed by atoms with Gasteiger partial charge in [0.1, 0.15) is 0 Å². The number of alkyl halides is 3. The van der Waals surface area contributed by atoms with Gasteiger partial charge in [-0.1, -0.05) is 0 Å². The fraction of sp³-hybridized carbons (Fsp3) is 0.700. The molecular formula is C10H17ClF3N3OS. The van der Waals surface area contributed by atoms with Gasteiger partial charge in [0.25, 0.3) is 0 Å². The van der Waals surface area contributed by atoms with Gasteiger partial charge < -0.3 is 10.8 Å². The number of hydrogen-bond donors (Lipinski definition) is 2. The van der Waals surface area contributed by atoms with E-state index in [4.69, 9.17) is 10.8 Å². The van der Waals surface area contributed by atoms with Crippen LogP contribution in [0.3, 0.4) is 0 Å². The number of thiazole rings is 1. The van der Waals surface area contributed by atoms with Crippen molar-refractivity contribution in [1.82, 2.24) is 9.88 Å². The summed E-state index contributed by atoms with van der Waals surface area (Å²) in [6, 6.07) is 0. The second-order valence-corrected chi connectivity index (χ2v) is 5.08. The summed E-state index contributed by atoms with van der Waals surface area (Å²) in [6.07, 6.45) is -4.44. The third-order valence-corrected chi connectivity index (χ3v) is 3.26. The molecule has 3 N–H and O–H groups in total. The Balaban J connectivity index is 0.00000324. The average Bonchev–Trinajstić information content (AvgIpc) is 2.60. The molecule has 0 amide bonds. The van der Waals surface area contributed by atoms with Crippen molar-refractivity contribution in [3.8, 4) is 0 Å².